The van der Waals surface area contributed by atoms with Crippen LogP contribution < -0.4 is 9.62 Å². The number of aryl methyl sites for hydroxylation is 1. The van der Waals surface area contributed by atoms with Gasteiger partial charge in [0.1, 0.15) is 18.4 Å². The van der Waals surface area contributed by atoms with Crippen LogP contribution in [0.4, 0.5) is 10.1 Å². The molecule has 0 radical (unpaired) electrons. The zero-order chi connectivity index (χ0) is 29.6. The number of halogens is 2. The van der Waals surface area contributed by atoms with E-state index in [0.29, 0.717) is 16.1 Å². The van der Waals surface area contributed by atoms with Crippen LogP contribution in [0, 0.1) is 12.7 Å². The summed E-state index contributed by atoms with van der Waals surface area (Å²) in [5.74, 6) is -1.32. The summed E-state index contributed by atoms with van der Waals surface area (Å²) >= 11 is 6.26. The molecule has 0 unspecified atom stereocenters. The maximum atomic E-state index is 14.0. The number of sulfonamides is 1. The molecule has 0 bridgehead atoms. The number of rotatable bonds is 10. The Bertz CT molecular complexity index is 1460. The van der Waals surface area contributed by atoms with E-state index in [4.69, 9.17) is 11.6 Å². The lowest BCUT2D eigenvalue weighted by atomic mass is 9.95. The van der Waals surface area contributed by atoms with Crippen molar-refractivity contribution in [1.82, 2.24) is 10.2 Å². The van der Waals surface area contributed by atoms with Crippen molar-refractivity contribution < 1.29 is 22.4 Å². The molecule has 3 aromatic rings. The van der Waals surface area contributed by atoms with Gasteiger partial charge in [0.2, 0.25) is 11.8 Å². The molecule has 1 N–H and O–H groups in total. The smallest absolute Gasteiger partial charge is 0.264 e. The van der Waals surface area contributed by atoms with Crippen LogP contribution >= 0.6 is 11.6 Å². The van der Waals surface area contributed by atoms with Gasteiger partial charge in [-0.2, -0.15) is 0 Å². The first-order valence-corrected chi connectivity index (χ1v) is 15.6. The first-order valence-electron chi connectivity index (χ1n) is 13.7. The molecule has 1 aliphatic carbocycles. The number of carbonyl (C=O) groups excluding carboxylic acids is 2. The Morgan fingerprint density at radius 1 is 1.00 bits per heavy atom. The molecule has 1 saturated carbocycles. The van der Waals surface area contributed by atoms with E-state index >= 15 is 0 Å². The van der Waals surface area contributed by atoms with Crippen molar-refractivity contribution in [3.63, 3.8) is 0 Å². The second-order valence-corrected chi connectivity index (χ2v) is 12.7. The quantitative estimate of drug-likeness (QED) is 0.317. The van der Waals surface area contributed by atoms with E-state index in [1.54, 1.807) is 56.3 Å². The minimum atomic E-state index is -4.19. The number of nitrogens with one attached hydrogen (secondary N) is 1. The van der Waals surface area contributed by atoms with E-state index in [-0.39, 0.29) is 29.1 Å². The summed E-state index contributed by atoms with van der Waals surface area (Å²) in [6.45, 7) is 2.78. The van der Waals surface area contributed by atoms with Crippen LogP contribution in [0.25, 0.3) is 0 Å². The van der Waals surface area contributed by atoms with Crippen molar-refractivity contribution >= 4 is 39.1 Å². The van der Waals surface area contributed by atoms with Gasteiger partial charge in [-0.3, -0.25) is 13.9 Å². The van der Waals surface area contributed by atoms with Crippen LogP contribution in [0.1, 0.15) is 50.2 Å². The van der Waals surface area contributed by atoms with Crippen molar-refractivity contribution in [3.05, 3.63) is 94.8 Å². The summed E-state index contributed by atoms with van der Waals surface area (Å²) < 4.78 is 42.5. The fraction of sp³-hybridized carbons (Fsp3) is 0.355. The van der Waals surface area contributed by atoms with E-state index in [1.165, 1.54) is 35.2 Å². The Morgan fingerprint density at radius 3 is 2.32 bits per heavy atom. The van der Waals surface area contributed by atoms with Gasteiger partial charge in [0.05, 0.1) is 10.6 Å². The van der Waals surface area contributed by atoms with Gasteiger partial charge in [-0.1, -0.05) is 67.3 Å². The van der Waals surface area contributed by atoms with Crippen LogP contribution in [-0.2, 0) is 26.2 Å². The van der Waals surface area contributed by atoms with Gasteiger partial charge in [-0.15, -0.1) is 0 Å². The Hall–Kier alpha value is -3.43. The summed E-state index contributed by atoms with van der Waals surface area (Å²) in [5, 5.41) is 3.38. The number of carbonyl (C=O) groups is 2. The number of anilines is 1. The minimum absolute atomic E-state index is 0.00782. The van der Waals surface area contributed by atoms with E-state index in [1.807, 2.05) is 0 Å². The lowest BCUT2D eigenvalue weighted by Crippen LogP contribution is -2.53. The van der Waals surface area contributed by atoms with Gasteiger partial charge >= 0.3 is 0 Å². The van der Waals surface area contributed by atoms with Gasteiger partial charge in [0.15, 0.2) is 0 Å². The standard InChI is InChI=1S/C31H35ClFN3O4S/c1-22-13-16-25(32)19-29(22)36(41(39,40)28-11-7-4-8-12-28)21-30(37)35(20-24-14-17-26(33)18-15-24)23(2)31(38)34-27-9-5-3-6-10-27/h4,7-8,11-19,23,27H,3,5-6,9-10,20-21H2,1-2H3,(H,34,38)/t23-/m1/s1. The van der Waals surface area contributed by atoms with Gasteiger partial charge in [0.25, 0.3) is 10.0 Å². The molecule has 7 nitrogen and oxygen atoms in total. The number of benzene rings is 3. The zero-order valence-electron chi connectivity index (χ0n) is 23.2. The Morgan fingerprint density at radius 2 is 1.66 bits per heavy atom. The number of nitrogens with zero attached hydrogens (tertiary/aromatic N) is 2. The minimum Gasteiger partial charge on any atom is -0.352 e. The van der Waals surface area contributed by atoms with Crippen molar-refractivity contribution in [2.24, 2.45) is 0 Å². The zero-order valence-corrected chi connectivity index (χ0v) is 24.8. The third-order valence-electron chi connectivity index (χ3n) is 7.43. The fourth-order valence-electron chi connectivity index (χ4n) is 5.02. The molecule has 1 atom stereocenters. The Balaban J connectivity index is 1.69. The van der Waals surface area contributed by atoms with Gasteiger partial charge in [0, 0.05) is 17.6 Å². The molecule has 10 heteroatoms. The summed E-state index contributed by atoms with van der Waals surface area (Å²) in [7, 11) is -4.19. The lowest BCUT2D eigenvalue weighted by molar-refractivity contribution is -0.139. The normalized spacial score (nSPS) is 14.7. The van der Waals surface area contributed by atoms with E-state index < -0.39 is 34.3 Å². The largest absolute Gasteiger partial charge is 0.352 e. The molecule has 3 aromatic carbocycles. The van der Waals surface area contributed by atoms with Crippen LogP contribution in [0.5, 0.6) is 0 Å². The highest BCUT2D eigenvalue weighted by Crippen LogP contribution is 2.30. The molecule has 0 aliphatic heterocycles. The van der Waals surface area contributed by atoms with Crippen molar-refractivity contribution in [1.29, 1.82) is 0 Å². The maximum Gasteiger partial charge on any atom is 0.264 e. The second kappa shape index (κ2) is 13.5. The number of amides is 2. The highest BCUT2D eigenvalue weighted by atomic mass is 35.5. The number of hydrogen-bond donors (Lipinski definition) is 1. The van der Waals surface area contributed by atoms with E-state index in [9.17, 15) is 22.4 Å². The molecule has 41 heavy (non-hydrogen) atoms. The predicted molar refractivity (Wildman–Crippen MR) is 159 cm³/mol. The van der Waals surface area contributed by atoms with Crippen LogP contribution in [0.2, 0.25) is 5.02 Å². The number of hydrogen-bond acceptors (Lipinski definition) is 4. The average molecular weight is 600 g/mol. The molecule has 1 fully saturated rings. The SMILES string of the molecule is Cc1ccc(Cl)cc1N(CC(=O)N(Cc1ccc(F)cc1)[C@H](C)C(=O)NC1CCCCC1)S(=O)(=O)c1ccccc1. The van der Waals surface area contributed by atoms with Crippen LogP contribution in [0.3, 0.4) is 0 Å². The fourth-order valence-corrected chi connectivity index (χ4v) is 6.68. The van der Waals surface area contributed by atoms with Crippen molar-refractivity contribution in [2.45, 2.75) is 69.5 Å². The first-order chi connectivity index (χ1) is 19.6. The van der Waals surface area contributed by atoms with Crippen LogP contribution in [-0.4, -0.2) is 43.8 Å². The molecule has 4 rings (SSSR count). The monoisotopic (exact) mass is 599 g/mol. The molecule has 218 valence electrons. The molecular weight excluding hydrogens is 565 g/mol. The van der Waals surface area contributed by atoms with E-state index in [0.717, 1.165) is 36.4 Å². The predicted octanol–water partition coefficient (Wildman–Crippen LogP) is 5.85. The molecule has 0 spiro atoms. The molecule has 0 heterocycles. The summed E-state index contributed by atoms with van der Waals surface area (Å²) in [4.78, 5) is 28.8. The van der Waals surface area contributed by atoms with Gasteiger partial charge in [-0.25, -0.2) is 12.8 Å². The Labute approximate surface area is 246 Å². The molecule has 0 saturated heterocycles. The molecular formula is C31H35ClFN3O4S. The third kappa shape index (κ3) is 7.65. The molecule has 2 amide bonds. The average Bonchev–Trinajstić information content (AvgIpc) is 2.97. The highest BCUT2D eigenvalue weighted by molar-refractivity contribution is 7.92. The van der Waals surface area contributed by atoms with E-state index in [2.05, 4.69) is 5.32 Å². The van der Waals surface area contributed by atoms with Crippen molar-refractivity contribution in [2.75, 3.05) is 10.8 Å². The van der Waals surface area contributed by atoms with Gasteiger partial charge < -0.3 is 10.2 Å². The lowest BCUT2D eigenvalue weighted by Gasteiger charge is -2.33. The molecule has 0 aromatic heterocycles. The Kier molecular flexibility index (Phi) is 10.0. The second-order valence-electron chi connectivity index (χ2n) is 10.4. The van der Waals surface area contributed by atoms with Crippen LogP contribution in [0.15, 0.2) is 77.7 Å². The summed E-state index contributed by atoms with van der Waals surface area (Å²) in [6, 6.07) is 17.5. The summed E-state index contributed by atoms with van der Waals surface area (Å²) in [6.07, 6.45) is 4.94. The summed E-state index contributed by atoms with van der Waals surface area (Å²) in [5.41, 5.74) is 1.47. The highest BCUT2D eigenvalue weighted by Gasteiger charge is 2.33. The van der Waals surface area contributed by atoms with Gasteiger partial charge in [-0.05, 0) is 74.2 Å². The maximum absolute atomic E-state index is 14.0. The topological polar surface area (TPSA) is 86.8 Å². The molecule has 1 aliphatic rings. The third-order valence-corrected chi connectivity index (χ3v) is 9.44. The first kappa shape index (κ1) is 30.5. The van der Waals surface area contributed by atoms with Crippen molar-refractivity contribution in [3.8, 4) is 0 Å².